The van der Waals surface area contributed by atoms with Crippen molar-refractivity contribution in [3.05, 3.63) is 58.8 Å². The van der Waals surface area contributed by atoms with Crippen molar-refractivity contribution in [1.82, 2.24) is 4.98 Å². The number of nitrogens with zero attached hydrogens (tertiary/aromatic N) is 2. The summed E-state index contributed by atoms with van der Waals surface area (Å²) in [6.07, 6.45) is 5.12. The van der Waals surface area contributed by atoms with Crippen molar-refractivity contribution in [2.45, 2.75) is 58.1 Å². The number of nitrogens with two attached hydrogens (primary N) is 1. The van der Waals surface area contributed by atoms with Crippen LogP contribution in [-0.2, 0) is 45.4 Å². The van der Waals surface area contributed by atoms with Gasteiger partial charge in [-0.2, -0.15) is 0 Å². The van der Waals surface area contributed by atoms with Crippen LogP contribution in [0.3, 0.4) is 0 Å². The van der Waals surface area contributed by atoms with Gasteiger partial charge in [0.2, 0.25) is 10.0 Å². The second-order valence-corrected chi connectivity index (χ2v) is 11.2. The highest BCUT2D eigenvalue weighted by atomic mass is 32.2. The molecule has 2 aromatic rings. The van der Waals surface area contributed by atoms with Gasteiger partial charge in [0.05, 0.1) is 6.26 Å². The fraction of sp³-hybridized carbons (Fsp3) is 0.500. The second-order valence-electron chi connectivity index (χ2n) is 9.23. The lowest BCUT2D eigenvalue weighted by Gasteiger charge is -2.24. The van der Waals surface area contributed by atoms with Gasteiger partial charge in [0.1, 0.15) is 18.0 Å². The van der Waals surface area contributed by atoms with Crippen molar-refractivity contribution in [3.8, 4) is 0 Å². The number of carbonyl (C=O) groups is 1. The van der Waals surface area contributed by atoms with Crippen LogP contribution in [0.1, 0.15) is 49.1 Å². The lowest BCUT2D eigenvalue weighted by Crippen LogP contribution is -2.48. The maximum Gasteiger partial charge on any atom is 0.326 e. The van der Waals surface area contributed by atoms with Crippen molar-refractivity contribution in [3.63, 3.8) is 0 Å². The lowest BCUT2D eigenvalue weighted by atomic mass is 9.91. The van der Waals surface area contributed by atoms with Crippen LogP contribution >= 0.6 is 0 Å². The number of aryl methyl sites for hydroxylation is 2. The summed E-state index contributed by atoms with van der Waals surface area (Å²) in [6.45, 7) is 3.90. The molecule has 0 amide bonds. The Hall–Kier alpha value is -2.45. The Morgan fingerprint density at radius 2 is 1.81 bits per heavy atom. The number of ether oxygens (including phenoxy) is 1. The standard InChI is InChI=1S/C24H33N3O4S/c1-17-8-10-18-6-5-7-19(12-18)15-24(2,25)23(28)31-16-20-13-21(11-9-17)26-22(14-20)27(3)32(4,29)30/h5-7,12-14,17H,8-11,15-16,25H2,1-4H3/t17-,24-/m1/s1. The molecule has 1 aliphatic heterocycles. The number of sulfonamides is 1. The van der Waals surface area contributed by atoms with E-state index in [0.717, 1.165) is 41.1 Å². The van der Waals surface area contributed by atoms with Crippen molar-refractivity contribution >= 4 is 21.8 Å². The van der Waals surface area contributed by atoms with Gasteiger partial charge in [-0.3, -0.25) is 9.10 Å². The normalized spacial score (nSPS) is 22.8. The summed E-state index contributed by atoms with van der Waals surface area (Å²) in [5.41, 5.74) is 8.85. The molecule has 3 rings (SSSR count). The van der Waals surface area contributed by atoms with Crippen LogP contribution < -0.4 is 10.0 Å². The zero-order chi connectivity index (χ0) is 23.5. The van der Waals surface area contributed by atoms with Gasteiger partial charge < -0.3 is 10.5 Å². The summed E-state index contributed by atoms with van der Waals surface area (Å²) >= 11 is 0. The molecule has 0 saturated heterocycles. The van der Waals surface area contributed by atoms with Crippen molar-refractivity contribution in [1.29, 1.82) is 0 Å². The van der Waals surface area contributed by atoms with E-state index in [1.165, 1.54) is 12.6 Å². The largest absolute Gasteiger partial charge is 0.459 e. The monoisotopic (exact) mass is 459 g/mol. The third kappa shape index (κ3) is 6.29. The summed E-state index contributed by atoms with van der Waals surface area (Å²) in [5.74, 6) is 0.293. The summed E-state index contributed by atoms with van der Waals surface area (Å²) in [4.78, 5) is 17.3. The molecule has 0 spiro atoms. The summed E-state index contributed by atoms with van der Waals surface area (Å²) in [6, 6.07) is 11.7. The Bertz CT molecular complexity index is 1080. The highest BCUT2D eigenvalue weighted by Crippen LogP contribution is 2.23. The third-order valence-corrected chi connectivity index (χ3v) is 7.14. The smallest absolute Gasteiger partial charge is 0.326 e. The van der Waals surface area contributed by atoms with Crippen LogP contribution in [0.15, 0.2) is 36.4 Å². The van der Waals surface area contributed by atoms with E-state index < -0.39 is 21.5 Å². The highest BCUT2D eigenvalue weighted by Gasteiger charge is 2.31. The molecule has 32 heavy (non-hydrogen) atoms. The van der Waals surface area contributed by atoms with Gasteiger partial charge in [-0.1, -0.05) is 31.2 Å². The van der Waals surface area contributed by atoms with Gasteiger partial charge in [-0.05, 0) is 67.3 Å². The molecule has 0 fully saturated rings. The Morgan fingerprint density at radius 1 is 1.12 bits per heavy atom. The fourth-order valence-electron chi connectivity index (χ4n) is 3.83. The minimum atomic E-state index is -3.47. The molecule has 8 heteroatoms. The fourth-order valence-corrected chi connectivity index (χ4v) is 4.27. The maximum absolute atomic E-state index is 12.8. The SMILES string of the molecule is C[C@@H]1CCc2cccc(c2)C[C@@](C)(N)C(=O)OCc2cc(nc(N(C)S(C)(=O)=O)c2)CC1. The van der Waals surface area contributed by atoms with Crippen LogP contribution in [0, 0.1) is 5.92 Å². The zero-order valence-corrected chi connectivity index (χ0v) is 20.1. The average molecular weight is 460 g/mol. The van der Waals surface area contributed by atoms with Crippen LogP contribution in [0.5, 0.6) is 0 Å². The topological polar surface area (TPSA) is 103 Å². The number of pyridine rings is 1. The first-order valence-corrected chi connectivity index (χ1v) is 12.8. The molecule has 2 N–H and O–H groups in total. The highest BCUT2D eigenvalue weighted by molar-refractivity contribution is 7.92. The van der Waals surface area contributed by atoms with E-state index in [1.54, 1.807) is 13.0 Å². The van der Waals surface area contributed by atoms with Gasteiger partial charge in [-0.15, -0.1) is 0 Å². The molecule has 2 heterocycles. The van der Waals surface area contributed by atoms with Crippen LogP contribution in [-0.4, -0.2) is 38.2 Å². The molecule has 174 valence electrons. The van der Waals surface area contributed by atoms with E-state index in [9.17, 15) is 13.2 Å². The first-order chi connectivity index (χ1) is 14.9. The number of fused-ring (bicyclic) bond motifs is 4. The molecule has 7 nitrogen and oxygen atoms in total. The van der Waals surface area contributed by atoms with Gasteiger partial charge in [0.15, 0.2) is 0 Å². The van der Waals surface area contributed by atoms with E-state index in [2.05, 4.69) is 24.0 Å². The molecule has 1 aliphatic rings. The predicted molar refractivity (Wildman–Crippen MR) is 126 cm³/mol. The summed E-state index contributed by atoms with van der Waals surface area (Å²) in [5, 5.41) is 0. The van der Waals surface area contributed by atoms with Crippen molar-refractivity contribution in [2.24, 2.45) is 11.7 Å². The van der Waals surface area contributed by atoms with Gasteiger partial charge in [-0.25, -0.2) is 13.4 Å². The second kappa shape index (κ2) is 9.58. The summed E-state index contributed by atoms with van der Waals surface area (Å²) < 4.78 is 30.8. The molecule has 0 unspecified atom stereocenters. The third-order valence-electron chi connectivity index (χ3n) is 5.96. The Labute approximate surface area is 191 Å². The molecule has 1 aromatic heterocycles. The Morgan fingerprint density at radius 3 is 2.53 bits per heavy atom. The molecule has 1 aromatic carbocycles. The Balaban J connectivity index is 1.94. The van der Waals surface area contributed by atoms with E-state index in [0.29, 0.717) is 30.1 Å². The van der Waals surface area contributed by atoms with Crippen molar-refractivity contribution in [2.75, 3.05) is 17.6 Å². The Kier molecular flexibility index (Phi) is 7.25. The number of aromatic nitrogens is 1. The van der Waals surface area contributed by atoms with E-state index in [1.807, 2.05) is 18.2 Å². The molecule has 4 bridgehead atoms. The van der Waals surface area contributed by atoms with E-state index in [4.69, 9.17) is 10.5 Å². The van der Waals surface area contributed by atoms with E-state index in [-0.39, 0.29) is 6.61 Å². The average Bonchev–Trinajstić information content (AvgIpc) is 2.72. The van der Waals surface area contributed by atoms with Crippen molar-refractivity contribution < 1.29 is 17.9 Å². The number of benzene rings is 1. The first-order valence-electron chi connectivity index (χ1n) is 10.9. The number of hydrogen-bond donors (Lipinski definition) is 1. The van der Waals surface area contributed by atoms with E-state index >= 15 is 0 Å². The van der Waals surface area contributed by atoms with Crippen LogP contribution in [0.25, 0.3) is 0 Å². The van der Waals surface area contributed by atoms with Gasteiger partial charge in [0.25, 0.3) is 0 Å². The lowest BCUT2D eigenvalue weighted by molar-refractivity contribution is -0.150. The molecule has 0 radical (unpaired) electrons. The number of anilines is 1. The van der Waals surface area contributed by atoms with Gasteiger partial charge >= 0.3 is 5.97 Å². The number of rotatable bonds is 2. The molecule has 2 atom stereocenters. The maximum atomic E-state index is 12.8. The number of hydrogen-bond acceptors (Lipinski definition) is 6. The number of carbonyl (C=O) groups excluding carboxylic acids is 1. The molecule has 0 aliphatic carbocycles. The molecular weight excluding hydrogens is 426 g/mol. The zero-order valence-electron chi connectivity index (χ0n) is 19.3. The van der Waals surface area contributed by atoms with Crippen LogP contribution in [0.2, 0.25) is 0 Å². The minimum Gasteiger partial charge on any atom is -0.459 e. The number of cyclic esters (lactones) is 1. The predicted octanol–water partition coefficient (Wildman–Crippen LogP) is 3.00. The number of esters is 1. The first kappa shape index (κ1) is 24.2. The minimum absolute atomic E-state index is 0.00133. The van der Waals surface area contributed by atoms with Gasteiger partial charge in [0, 0.05) is 19.2 Å². The summed E-state index contributed by atoms with van der Waals surface area (Å²) in [7, 11) is -2.00. The molecule has 0 saturated carbocycles. The molecular formula is C24H33N3O4S. The quantitative estimate of drug-likeness (QED) is 0.693. The van der Waals surface area contributed by atoms with Crippen LogP contribution in [0.4, 0.5) is 5.82 Å².